The highest BCUT2D eigenvalue weighted by atomic mass is 35.5. The molecule has 0 heterocycles. The summed E-state index contributed by atoms with van der Waals surface area (Å²) in [6.07, 6.45) is 11.7. The number of amides is 1. The van der Waals surface area contributed by atoms with Gasteiger partial charge in [-0.3, -0.25) is 4.79 Å². The quantitative estimate of drug-likeness (QED) is 0.818. The summed E-state index contributed by atoms with van der Waals surface area (Å²) in [6, 6.07) is 0.735. The zero-order valence-electron chi connectivity index (χ0n) is 12.8. The molecule has 2 fully saturated rings. The Hall–Kier alpha value is -0.280. The van der Waals surface area contributed by atoms with E-state index in [1.807, 2.05) is 0 Å². The van der Waals surface area contributed by atoms with E-state index in [0.717, 1.165) is 44.4 Å². The van der Waals surface area contributed by atoms with Crippen LogP contribution in [0.15, 0.2) is 0 Å². The fourth-order valence-corrected chi connectivity index (χ4v) is 3.69. The van der Waals surface area contributed by atoms with E-state index in [1.165, 1.54) is 25.7 Å². The van der Waals surface area contributed by atoms with Gasteiger partial charge >= 0.3 is 0 Å². The lowest BCUT2D eigenvalue weighted by Crippen LogP contribution is -2.43. The van der Waals surface area contributed by atoms with E-state index in [1.54, 1.807) is 0 Å². The maximum Gasteiger partial charge on any atom is 0.223 e. The van der Waals surface area contributed by atoms with Crippen molar-refractivity contribution in [1.82, 2.24) is 5.32 Å². The molecule has 0 saturated heterocycles. The Morgan fingerprint density at radius 2 is 1.75 bits per heavy atom. The predicted molar refractivity (Wildman–Crippen MR) is 86.0 cm³/mol. The average Bonchev–Trinajstić information content (AvgIpc) is 2.91. The van der Waals surface area contributed by atoms with Crippen LogP contribution in [0.25, 0.3) is 0 Å². The summed E-state index contributed by atoms with van der Waals surface area (Å²) in [6.45, 7) is 2.15. The van der Waals surface area contributed by atoms with Crippen molar-refractivity contribution in [2.75, 3.05) is 0 Å². The van der Waals surface area contributed by atoms with Crippen LogP contribution >= 0.6 is 12.4 Å². The number of carbonyl (C=O) groups excluding carboxylic acids is 1. The molecule has 0 spiro atoms. The third-order valence-corrected chi connectivity index (χ3v) is 5.07. The first-order chi connectivity index (χ1) is 9.19. The van der Waals surface area contributed by atoms with E-state index in [-0.39, 0.29) is 18.3 Å². The molecule has 1 amide bonds. The molecule has 4 heteroatoms. The first-order valence-corrected chi connectivity index (χ1v) is 8.25. The van der Waals surface area contributed by atoms with E-state index < -0.39 is 0 Å². The monoisotopic (exact) mass is 302 g/mol. The molecule has 0 aromatic rings. The predicted octanol–water partition coefficient (Wildman–Crippen LogP) is 3.40. The molecule has 1 atom stereocenters. The fourth-order valence-electron chi connectivity index (χ4n) is 3.69. The highest BCUT2D eigenvalue weighted by Gasteiger charge is 2.26. The standard InChI is InChI=1S/C16H30N2O.ClH/c1-2-13(11-12-5-3-4-6-12)16(19)18-15-9-7-14(17)8-10-15;/h12-15H,2-11,17H2,1H3,(H,18,19);1H. The molecule has 2 aliphatic carbocycles. The van der Waals surface area contributed by atoms with E-state index in [2.05, 4.69) is 12.2 Å². The van der Waals surface area contributed by atoms with E-state index >= 15 is 0 Å². The molecule has 2 saturated carbocycles. The molecule has 0 radical (unpaired) electrons. The maximum atomic E-state index is 12.4. The van der Waals surface area contributed by atoms with Gasteiger partial charge in [0, 0.05) is 18.0 Å². The lowest BCUT2D eigenvalue weighted by atomic mass is 9.88. The first-order valence-electron chi connectivity index (χ1n) is 8.25. The second-order valence-electron chi connectivity index (χ2n) is 6.61. The molecular formula is C16H31ClN2O. The molecule has 3 N–H and O–H groups in total. The number of rotatable bonds is 5. The Bertz CT molecular complexity index is 284. The maximum absolute atomic E-state index is 12.4. The smallest absolute Gasteiger partial charge is 0.223 e. The van der Waals surface area contributed by atoms with Crippen molar-refractivity contribution >= 4 is 18.3 Å². The van der Waals surface area contributed by atoms with Crippen LogP contribution in [0.4, 0.5) is 0 Å². The summed E-state index contributed by atoms with van der Waals surface area (Å²) in [7, 11) is 0. The Kier molecular flexibility index (Phi) is 7.90. The van der Waals surface area contributed by atoms with Crippen molar-refractivity contribution < 1.29 is 4.79 Å². The number of nitrogens with two attached hydrogens (primary N) is 1. The number of halogens is 1. The molecule has 0 aromatic carbocycles. The first kappa shape index (κ1) is 17.8. The van der Waals surface area contributed by atoms with Gasteiger partial charge in [0.2, 0.25) is 5.91 Å². The minimum absolute atomic E-state index is 0. The third kappa shape index (κ3) is 5.25. The van der Waals surface area contributed by atoms with Crippen molar-refractivity contribution in [3.05, 3.63) is 0 Å². The molecule has 2 rings (SSSR count). The second kappa shape index (κ2) is 8.89. The van der Waals surface area contributed by atoms with Crippen LogP contribution in [0.1, 0.15) is 71.1 Å². The van der Waals surface area contributed by atoms with Gasteiger partial charge in [0.05, 0.1) is 0 Å². The van der Waals surface area contributed by atoms with Gasteiger partial charge in [0.25, 0.3) is 0 Å². The highest BCUT2D eigenvalue weighted by Crippen LogP contribution is 2.31. The molecule has 1 unspecified atom stereocenters. The molecule has 118 valence electrons. The van der Waals surface area contributed by atoms with Crippen molar-refractivity contribution in [2.45, 2.75) is 83.2 Å². The number of nitrogens with one attached hydrogen (secondary N) is 1. The van der Waals surface area contributed by atoms with Crippen LogP contribution < -0.4 is 11.1 Å². The number of hydrogen-bond acceptors (Lipinski definition) is 2. The Labute approximate surface area is 129 Å². The molecule has 0 bridgehead atoms. The van der Waals surface area contributed by atoms with Crippen molar-refractivity contribution in [3.63, 3.8) is 0 Å². The summed E-state index contributed by atoms with van der Waals surface area (Å²) in [5.41, 5.74) is 5.91. The normalized spacial score (nSPS) is 28.7. The zero-order valence-corrected chi connectivity index (χ0v) is 13.6. The fraction of sp³-hybridized carbons (Fsp3) is 0.938. The van der Waals surface area contributed by atoms with Crippen molar-refractivity contribution in [3.8, 4) is 0 Å². The van der Waals surface area contributed by atoms with Gasteiger partial charge in [-0.25, -0.2) is 0 Å². The van der Waals surface area contributed by atoms with Gasteiger partial charge in [-0.2, -0.15) is 0 Å². The van der Waals surface area contributed by atoms with Gasteiger partial charge < -0.3 is 11.1 Å². The number of carbonyl (C=O) groups is 1. The van der Waals surface area contributed by atoms with Crippen molar-refractivity contribution in [2.24, 2.45) is 17.6 Å². The Balaban J connectivity index is 0.00000200. The summed E-state index contributed by atoms with van der Waals surface area (Å²) in [5.74, 6) is 1.34. The van der Waals surface area contributed by atoms with Crippen LogP contribution in [-0.4, -0.2) is 18.0 Å². The minimum atomic E-state index is 0. The van der Waals surface area contributed by atoms with E-state index in [9.17, 15) is 4.79 Å². The second-order valence-corrected chi connectivity index (χ2v) is 6.61. The highest BCUT2D eigenvalue weighted by molar-refractivity contribution is 5.85. The minimum Gasteiger partial charge on any atom is -0.353 e. The van der Waals surface area contributed by atoms with Gasteiger partial charge in [0.15, 0.2) is 0 Å². The van der Waals surface area contributed by atoms with E-state index in [0.29, 0.717) is 18.0 Å². The average molecular weight is 303 g/mol. The van der Waals surface area contributed by atoms with Crippen LogP contribution in [-0.2, 0) is 4.79 Å². The van der Waals surface area contributed by atoms with E-state index in [4.69, 9.17) is 5.73 Å². The van der Waals surface area contributed by atoms with Crippen LogP contribution in [0.3, 0.4) is 0 Å². The molecule has 3 nitrogen and oxygen atoms in total. The van der Waals surface area contributed by atoms with Crippen LogP contribution in [0.5, 0.6) is 0 Å². The largest absolute Gasteiger partial charge is 0.353 e. The summed E-state index contributed by atoms with van der Waals surface area (Å²) < 4.78 is 0. The zero-order chi connectivity index (χ0) is 13.7. The summed E-state index contributed by atoms with van der Waals surface area (Å²) in [5, 5.41) is 3.27. The molecule has 0 aromatic heterocycles. The SMILES string of the molecule is CCC(CC1CCCC1)C(=O)NC1CCC(N)CC1.Cl. The summed E-state index contributed by atoms with van der Waals surface area (Å²) in [4.78, 5) is 12.4. The number of hydrogen-bond donors (Lipinski definition) is 2. The Morgan fingerprint density at radius 3 is 2.30 bits per heavy atom. The third-order valence-electron chi connectivity index (χ3n) is 5.07. The Morgan fingerprint density at radius 1 is 1.15 bits per heavy atom. The van der Waals surface area contributed by atoms with Gasteiger partial charge in [-0.1, -0.05) is 32.6 Å². The lowest BCUT2D eigenvalue weighted by Gasteiger charge is -2.28. The molecule has 20 heavy (non-hydrogen) atoms. The molecular weight excluding hydrogens is 272 g/mol. The van der Waals surface area contributed by atoms with Crippen LogP contribution in [0, 0.1) is 11.8 Å². The van der Waals surface area contributed by atoms with Crippen LogP contribution in [0.2, 0.25) is 0 Å². The van der Waals surface area contributed by atoms with Gasteiger partial charge in [0.1, 0.15) is 0 Å². The molecule has 2 aliphatic rings. The topological polar surface area (TPSA) is 55.1 Å². The summed E-state index contributed by atoms with van der Waals surface area (Å²) >= 11 is 0. The van der Waals surface area contributed by atoms with Gasteiger partial charge in [-0.15, -0.1) is 12.4 Å². The molecule has 0 aliphatic heterocycles. The lowest BCUT2D eigenvalue weighted by molar-refractivity contribution is -0.126. The van der Waals surface area contributed by atoms with Gasteiger partial charge in [-0.05, 0) is 44.4 Å². The van der Waals surface area contributed by atoms with Crippen molar-refractivity contribution in [1.29, 1.82) is 0 Å².